The highest BCUT2D eigenvalue weighted by Crippen LogP contribution is 2.47. The highest BCUT2D eigenvalue weighted by molar-refractivity contribution is 6.04. The monoisotopic (exact) mass is 440 g/mol. The molecule has 2 atom stereocenters. The summed E-state index contributed by atoms with van der Waals surface area (Å²) in [7, 11) is 0. The smallest absolute Gasteiger partial charge is 0.336 e. The average molecular weight is 440 g/mol. The largest absolute Gasteiger partial charge is 0.459 e. The predicted molar refractivity (Wildman–Crippen MR) is 117 cm³/mol. The summed E-state index contributed by atoms with van der Waals surface area (Å²) >= 11 is 0. The van der Waals surface area contributed by atoms with E-state index in [9.17, 15) is 19.7 Å². The van der Waals surface area contributed by atoms with Crippen LogP contribution in [0.3, 0.4) is 0 Å². The first-order valence-corrected chi connectivity index (χ1v) is 10.9. The fourth-order valence-electron chi connectivity index (χ4n) is 4.85. The third-order valence-corrected chi connectivity index (χ3v) is 6.32. The second kappa shape index (κ2) is 8.50. The van der Waals surface area contributed by atoms with Gasteiger partial charge in [0.25, 0.3) is 5.69 Å². The lowest BCUT2D eigenvalue weighted by atomic mass is 9.68. The number of non-ortho nitro benzene ring substituents is 1. The number of ether oxygens (including phenoxy) is 2. The van der Waals surface area contributed by atoms with E-state index >= 15 is 0 Å². The molecule has 8 heteroatoms. The van der Waals surface area contributed by atoms with Crippen molar-refractivity contribution in [3.8, 4) is 0 Å². The fraction of sp³-hybridized carbons (Fsp3) is 0.500. The molecule has 1 aromatic rings. The zero-order valence-corrected chi connectivity index (χ0v) is 18.6. The number of rotatable bonds is 5. The third-order valence-electron chi connectivity index (χ3n) is 6.32. The summed E-state index contributed by atoms with van der Waals surface area (Å²) in [5.41, 5.74) is 2.77. The van der Waals surface area contributed by atoms with Gasteiger partial charge in [0.15, 0.2) is 5.78 Å². The first-order valence-electron chi connectivity index (χ1n) is 10.9. The van der Waals surface area contributed by atoms with E-state index in [0.717, 1.165) is 18.5 Å². The Morgan fingerprint density at radius 2 is 2.00 bits per heavy atom. The molecule has 1 fully saturated rings. The number of dihydropyridines is 1. The number of esters is 1. The van der Waals surface area contributed by atoms with Gasteiger partial charge in [0, 0.05) is 48.0 Å². The van der Waals surface area contributed by atoms with E-state index in [1.54, 1.807) is 19.1 Å². The molecule has 2 aliphatic heterocycles. The second-order valence-electron chi connectivity index (χ2n) is 9.51. The molecule has 2 heterocycles. The number of allylic oxidation sites excluding steroid dienone is 3. The molecule has 0 radical (unpaired) electrons. The summed E-state index contributed by atoms with van der Waals surface area (Å²) in [6, 6.07) is 6.04. The number of nitro groups is 1. The minimum atomic E-state index is -0.632. The number of nitrogens with zero attached hydrogens (tertiary/aromatic N) is 1. The number of nitro benzene ring substituents is 1. The van der Waals surface area contributed by atoms with Crippen LogP contribution in [0.4, 0.5) is 5.69 Å². The Morgan fingerprint density at radius 3 is 2.62 bits per heavy atom. The number of carbonyl (C=O) groups is 2. The van der Waals surface area contributed by atoms with Gasteiger partial charge in [0.1, 0.15) is 6.61 Å². The summed E-state index contributed by atoms with van der Waals surface area (Å²) in [6.45, 7) is 6.72. The van der Waals surface area contributed by atoms with Gasteiger partial charge in [0.2, 0.25) is 0 Å². The molecule has 8 nitrogen and oxygen atoms in total. The zero-order chi connectivity index (χ0) is 23.0. The molecule has 0 amide bonds. The summed E-state index contributed by atoms with van der Waals surface area (Å²) in [5, 5.41) is 14.4. The minimum Gasteiger partial charge on any atom is -0.459 e. The van der Waals surface area contributed by atoms with Crippen LogP contribution in [0.5, 0.6) is 0 Å². The number of carbonyl (C=O) groups excluding carboxylic acids is 2. The van der Waals surface area contributed by atoms with Crippen molar-refractivity contribution in [3.63, 3.8) is 0 Å². The Bertz CT molecular complexity index is 1020. The Balaban J connectivity index is 1.72. The molecule has 0 unspecified atom stereocenters. The molecular weight excluding hydrogens is 412 g/mol. The standard InChI is InChI=1S/C24H28N2O6/c1-14-20(23(28)32-13-17-5-4-10-31-17)21(15-6-8-16(9-7-15)26(29)30)22-18(25-14)11-24(2,3)12-19(22)27/h6-9,17,21,25H,4-5,10-13H2,1-3H3/t17-,21+/m1/s1. The number of nitrogens with one attached hydrogen (secondary N) is 1. The predicted octanol–water partition coefficient (Wildman–Crippen LogP) is 3.92. The summed E-state index contributed by atoms with van der Waals surface area (Å²) in [6.07, 6.45) is 2.72. The van der Waals surface area contributed by atoms with Gasteiger partial charge in [-0.25, -0.2) is 4.79 Å². The molecule has 4 rings (SSSR count). The van der Waals surface area contributed by atoms with Crippen LogP contribution in [0.2, 0.25) is 0 Å². The highest BCUT2D eigenvalue weighted by atomic mass is 16.6. The molecule has 32 heavy (non-hydrogen) atoms. The van der Waals surface area contributed by atoms with Gasteiger partial charge in [-0.05, 0) is 37.2 Å². The van der Waals surface area contributed by atoms with Gasteiger partial charge >= 0.3 is 5.97 Å². The molecular formula is C24H28N2O6. The van der Waals surface area contributed by atoms with Crippen molar-refractivity contribution in [2.45, 2.75) is 58.5 Å². The van der Waals surface area contributed by atoms with Gasteiger partial charge < -0.3 is 14.8 Å². The Hall–Kier alpha value is -3.00. The zero-order valence-electron chi connectivity index (χ0n) is 18.6. The summed E-state index contributed by atoms with van der Waals surface area (Å²) in [5.74, 6) is -1.16. The number of hydrogen-bond donors (Lipinski definition) is 1. The van der Waals surface area contributed by atoms with Crippen molar-refractivity contribution in [3.05, 3.63) is 62.5 Å². The van der Waals surface area contributed by atoms with Crippen LogP contribution in [0.15, 0.2) is 46.8 Å². The van der Waals surface area contributed by atoms with Crippen molar-refractivity contribution in [2.24, 2.45) is 5.41 Å². The topological polar surface area (TPSA) is 108 Å². The van der Waals surface area contributed by atoms with Gasteiger partial charge in [0.05, 0.1) is 16.6 Å². The maximum atomic E-state index is 13.2. The molecule has 0 aromatic heterocycles. The molecule has 170 valence electrons. The number of Topliss-reactive ketones (excluding diaryl/α,β-unsaturated/α-hetero) is 1. The van der Waals surface area contributed by atoms with Crippen LogP contribution in [0.25, 0.3) is 0 Å². The normalized spacial score (nSPS) is 24.8. The van der Waals surface area contributed by atoms with E-state index in [2.05, 4.69) is 5.32 Å². The molecule has 0 saturated carbocycles. The van der Waals surface area contributed by atoms with E-state index in [4.69, 9.17) is 9.47 Å². The fourth-order valence-corrected chi connectivity index (χ4v) is 4.85. The molecule has 3 aliphatic rings. The maximum Gasteiger partial charge on any atom is 0.336 e. The van der Waals surface area contributed by atoms with Crippen molar-refractivity contribution < 1.29 is 24.0 Å². The first kappa shape index (κ1) is 22.2. The van der Waals surface area contributed by atoms with Crippen LogP contribution in [-0.2, 0) is 19.1 Å². The van der Waals surface area contributed by atoms with Gasteiger partial charge in [-0.15, -0.1) is 0 Å². The van der Waals surface area contributed by atoms with Gasteiger partial charge in [-0.3, -0.25) is 14.9 Å². The average Bonchev–Trinajstić information content (AvgIpc) is 3.24. The van der Waals surface area contributed by atoms with E-state index < -0.39 is 16.8 Å². The van der Waals surface area contributed by atoms with Crippen molar-refractivity contribution in [2.75, 3.05) is 13.2 Å². The van der Waals surface area contributed by atoms with E-state index in [1.165, 1.54) is 12.1 Å². The minimum absolute atomic E-state index is 0.0240. The molecule has 0 bridgehead atoms. The lowest BCUT2D eigenvalue weighted by Crippen LogP contribution is -2.39. The third kappa shape index (κ3) is 4.32. The molecule has 1 N–H and O–H groups in total. The van der Waals surface area contributed by atoms with Crippen molar-refractivity contribution in [1.82, 2.24) is 5.32 Å². The van der Waals surface area contributed by atoms with Crippen LogP contribution in [0, 0.1) is 15.5 Å². The van der Waals surface area contributed by atoms with Crippen LogP contribution in [-0.4, -0.2) is 36.0 Å². The highest BCUT2D eigenvalue weighted by Gasteiger charge is 2.43. The lowest BCUT2D eigenvalue weighted by Gasteiger charge is -2.39. The summed E-state index contributed by atoms with van der Waals surface area (Å²) < 4.78 is 11.2. The van der Waals surface area contributed by atoms with Crippen molar-refractivity contribution >= 4 is 17.4 Å². The van der Waals surface area contributed by atoms with Crippen LogP contribution < -0.4 is 5.32 Å². The Morgan fingerprint density at radius 1 is 1.28 bits per heavy atom. The number of ketones is 1. The Kier molecular flexibility index (Phi) is 5.90. The molecule has 1 saturated heterocycles. The lowest BCUT2D eigenvalue weighted by molar-refractivity contribution is -0.384. The summed E-state index contributed by atoms with van der Waals surface area (Å²) in [4.78, 5) is 37.1. The van der Waals surface area contributed by atoms with E-state index in [0.29, 0.717) is 41.9 Å². The van der Waals surface area contributed by atoms with Gasteiger partial charge in [-0.1, -0.05) is 26.0 Å². The Labute approximate surface area is 186 Å². The molecule has 0 spiro atoms. The van der Waals surface area contributed by atoms with Crippen LogP contribution in [0.1, 0.15) is 57.9 Å². The first-order chi connectivity index (χ1) is 15.2. The second-order valence-corrected chi connectivity index (χ2v) is 9.51. The number of benzene rings is 1. The molecule has 1 aromatic carbocycles. The van der Waals surface area contributed by atoms with Crippen LogP contribution >= 0.6 is 0 Å². The van der Waals surface area contributed by atoms with E-state index in [1.807, 2.05) is 13.8 Å². The molecule has 1 aliphatic carbocycles. The van der Waals surface area contributed by atoms with E-state index in [-0.39, 0.29) is 29.6 Å². The maximum absolute atomic E-state index is 13.2. The SMILES string of the molecule is CC1=C(C(=O)OC[C@H]2CCCO2)[C@H](c2ccc([N+](=O)[O-])cc2)C2=C(CC(C)(C)CC2=O)N1. The quantitative estimate of drug-likeness (QED) is 0.420. The van der Waals surface area contributed by atoms with Gasteiger partial charge in [-0.2, -0.15) is 0 Å². The number of hydrogen-bond acceptors (Lipinski definition) is 7. The van der Waals surface area contributed by atoms with Crippen molar-refractivity contribution in [1.29, 1.82) is 0 Å².